The number of ether oxygens (including phenoxy) is 1. The molecule has 2 heterocycles. The van der Waals surface area contributed by atoms with Gasteiger partial charge in [-0.05, 0) is 82.1 Å². The van der Waals surface area contributed by atoms with Crippen LogP contribution < -0.4 is 16.5 Å². The third-order valence-electron chi connectivity index (χ3n) is 7.39. The normalized spacial score (nSPS) is 22.8. The predicted octanol–water partition coefficient (Wildman–Crippen LogP) is 3.86. The summed E-state index contributed by atoms with van der Waals surface area (Å²) in [6.45, 7) is 14.5. The van der Waals surface area contributed by atoms with Crippen molar-refractivity contribution in [2.24, 2.45) is 0 Å². The monoisotopic (exact) mass is 477 g/mol. The average Bonchev–Trinajstić information content (AvgIpc) is 3.32. The first-order valence-electron chi connectivity index (χ1n) is 12.3. The first kappa shape index (κ1) is 25.4. The molecule has 0 radical (unpaired) electrons. The van der Waals surface area contributed by atoms with E-state index in [9.17, 15) is 4.79 Å². The summed E-state index contributed by atoms with van der Waals surface area (Å²) in [5, 5.41) is 3.10. The molecule has 1 saturated carbocycles. The number of benzene rings is 1. The van der Waals surface area contributed by atoms with Crippen LogP contribution in [0.1, 0.15) is 75.4 Å². The molecule has 2 atom stereocenters. The van der Waals surface area contributed by atoms with Crippen LogP contribution in [0.4, 0.5) is 5.82 Å². The fraction of sp³-hybridized carbons (Fsp3) is 0.481. The van der Waals surface area contributed by atoms with Crippen LogP contribution in [0, 0.1) is 0 Å². The molecule has 0 spiro atoms. The lowest BCUT2D eigenvalue weighted by Crippen LogP contribution is -2.41. The van der Waals surface area contributed by atoms with Gasteiger partial charge in [-0.1, -0.05) is 30.8 Å². The van der Waals surface area contributed by atoms with Gasteiger partial charge in [-0.3, -0.25) is 4.79 Å². The number of nitrogens with zero attached hydrogens (tertiary/aromatic N) is 1. The zero-order valence-electron chi connectivity index (χ0n) is 21.4. The van der Waals surface area contributed by atoms with Gasteiger partial charge in [-0.15, -0.1) is 0 Å². The Labute approximate surface area is 208 Å². The Morgan fingerprint density at radius 2 is 1.86 bits per heavy atom. The Morgan fingerprint density at radius 1 is 1.20 bits per heavy atom. The predicted molar refractivity (Wildman–Crippen MR) is 139 cm³/mol. The van der Waals surface area contributed by atoms with Crippen molar-refractivity contribution < 1.29 is 18.8 Å². The summed E-state index contributed by atoms with van der Waals surface area (Å²) in [4.78, 5) is 17.1. The molecule has 0 unspecified atom stereocenters. The van der Waals surface area contributed by atoms with Crippen molar-refractivity contribution in [3.63, 3.8) is 0 Å². The summed E-state index contributed by atoms with van der Waals surface area (Å²) in [6, 6.07) is 9.81. The van der Waals surface area contributed by atoms with E-state index < -0.39 is 0 Å². The zero-order valence-corrected chi connectivity index (χ0v) is 21.4. The van der Waals surface area contributed by atoms with Crippen LogP contribution in [-0.2, 0) is 20.7 Å². The highest BCUT2D eigenvalue weighted by Gasteiger charge is 2.51. The molecular weight excluding hydrogens is 441 g/mol. The van der Waals surface area contributed by atoms with E-state index in [-0.39, 0.29) is 42.2 Å². The third kappa shape index (κ3) is 5.45. The van der Waals surface area contributed by atoms with E-state index in [0.29, 0.717) is 12.2 Å². The molecule has 2 aromatic rings. The molecular formula is C27H36BN3O4. The van der Waals surface area contributed by atoms with Gasteiger partial charge in [-0.2, -0.15) is 0 Å². The third-order valence-corrected chi connectivity index (χ3v) is 7.39. The standard InChI is InChI=1S/C27H36BN3O4/c1-17(2)19-14-21(24(29)30-15-19)25(32)31-22-8-7-9-23(22)33-16-18-10-12-20(13-11-18)28-34-26(3,4)27(5,6)35-28/h10-15,22-23H,1,7-9,16H2,2-6H3,(H2,29,30)(H,31,32)/t22-,23-/m0/s1. The van der Waals surface area contributed by atoms with Crippen LogP contribution >= 0.6 is 0 Å². The fourth-order valence-electron chi connectivity index (χ4n) is 4.38. The molecule has 4 rings (SSSR count). The molecule has 7 nitrogen and oxygen atoms in total. The summed E-state index contributed by atoms with van der Waals surface area (Å²) < 4.78 is 18.5. The van der Waals surface area contributed by atoms with E-state index in [0.717, 1.165) is 41.4 Å². The van der Waals surface area contributed by atoms with Crippen LogP contribution in [0.15, 0.2) is 43.1 Å². The van der Waals surface area contributed by atoms with Crippen LogP contribution in [0.2, 0.25) is 0 Å². The minimum atomic E-state index is -0.380. The van der Waals surface area contributed by atoms with Crippen LogP contribution in [0.25, 0.3) is 5.57 Å². The lowest BCUT2D eigenvalue weighted by atomic mass is 9.79. The quantitative estimate of drug-likeness (QED) is 0.588. The molecule has 1 saturated heterocycles. The number of anilines is 1. The van der Waals surface area contributed by atoms with E-state index in [1.54, 1.807) is 12.3 Å². The number of rotatable bonds is 7. The van der Waals surface area contributed by atoms with Gasteiger partial charge in [0, 0.05) is 6.20 Å². The minimum Gasteiger partial charge on any atom is -0.399 e. The van der Waals surface area contributed by atoms with Crippen molar-refractivity contribution in [2.75, 3.05) is 5.73 Å². The van der Waals surface area contributed by atoms with Crippen molar-refractivity contribution in [3.8, 4) is 0 Å². The molecule has 186 valence electrons. The van der Waals surface area contributed by atoms with Crippen molar-refractivity contribution in [1.82, 2.24) is 10.3 Å². The Bertz CT molecular complexity index is 1080. The van der Waals surface area contributed by atoms with Gasteiger partial charge < -0.3 is 25.1 Å². The van der Waals surface area contributed by atoms with Crippen molar-refractivity contribution in [2.45, 2.75) is 83.8 Å². The number of amides is 1. The van der Waals surface area contributed by atoms with Crippen LogP contribution in [0.3, 0.4) is 0 Å². The van der Waals surface area contributed by atoms with Gasteiger partial charge in [0.05, 0.1) is 35.5 Å². The topological polar surface area (TPSA) is 95.7 Å². The molecule has 3 N–H and O–H groups in total. The lowest BCUT2D eigenvalue weighted by Gasteiger charge is -2.32. The highest BCUT2D eigenvalue weighted by molar-refractivity contribution is 6.62. The number of hydrogen-bond acceptors (Lipinski definition) is 6. The molecule has 35 heavy (non-hydrogen) atoms. The van der Waals surface area contributed by atoms with E-state index in [4.69, 9.17) is 19.8 Å². The number of nitrogens with one attached hydrogen (secondary N) is 1. The SMILES string of the molecule is C=C(C)c1cnc(N)c(C(=O)N[C@H]2CCC[C@@H]2OCc2ccc(B3OC(C)(C)C(C)(C)O3)cc2)c1. The minimum absolute atomic E-state index is 0.0553. The lowest BCUT2D eigenvalue weighted by molar-refractivity contribution is 0.00578. The Hall–Kier alpha value is -2.68. The van der Waals surface area contributed by atoms with Gasteiger partial charge in [0.1, 0.15) is 5.82 Å². The van der Waals surface area contributed by atoms with E-state index in [1.807, 2.05) is 58.9 Å². The van der Waals surface area contributed by atoms with Gasteiger partial charge >= 0.3 is 7.12 Å². The molecule has 1 aromatic carbocycles. The Kier molecular flexibility index (Phi) is 7.09. The average molecular weight is 477 g/mol. The number of carbonyl (C=O) groups excluding carboxylic acids is 1. The highest BCUT2D eigenvalue weighted by Crippen LogP contribution is 2.36. The van der Waals surface area contributed by atoms with E-state index in [1.165, 1.54) is 0 Å². The van der Waals surface area contributed by atoms with Crippen LogP contribution in [0.5, 0.6) is 0 Å². The molecule has 0 bridgehead atoms. The number of nitrogens with two attached hydrogens (primary N) is 1. The number of pyridine rings is 1. The highest BCUT2D eigenvalue weighted by atomic mass is 16.7. The van der Waals surface area contributed by atoms with Gasteiger partial charge in [0.15, 0.2) is 0 Å². The van der Waals surface area contributed by atoms with Gasteiger partial charge in [-0.25, -0.2) is 4.98 Å². The fourth-order valence-corrected chi connectivity index (χ4v) is 4.38. The smallest absolute Gasteiger partial charge is 0.399 e. The largest absolute Gasteiger partial charge is 0.494 e. The van der Waals surface area contributed by atoms with E-state index >= 15 is 0 Å². The maximum atomic E-state index is 12.9. The second kappa shape index (κ2) is 9.76. The number of carbonyl (C=O) groups is 1. The summed E-state index contributed by atoms with van der Waals surface area (Å²) in [7, 11) is -0.380. The second-order valence-electron chi connectivity index (χ2n) is 10.6. The molecule has 1 aliphatic heterocycles. The maximum absolute atomic E-state index is 12.9. The molecule has 1 aliphatic carbocycles. The summed E-state index contributed by atoms with van der Waals surface area (Å²) in [5.74, 6) is -0.0181. The van der Waals surface area contributed by atoms with Gasteiger partial charge in [0.2, 0.25) is 0 Å². The van der Waals surface area contributed by atoms with E-state index in [2.05, 4.69) is 16.9 Å². The second-order valence-corrected chi connectivity index (χ2v) is 10.6. The number of hydrogen-bond donors (Lipinski definition) is 2. The number of nitrogen functional groups attached to an aromatic ring is 1. The Balaban J connectivity index is 1.34. The van der Waals surface area contributed by atoms with Crippen molar-refractivity contribution in [1.29, 1.82) is 0 Å². The zero-order chi connectivity index (χ0) is 25.4. The molecule has 2 aliphatic rings. The summed E-state index contributed by atoms with van der Waals surface area (Å²) in [6.07, 6.45) is 4.34. The van der Waals surface area contributed by atoms with Crippen molar-refractivity contribution >= 4 is 29.9 Å². The molecule has 2 fully saturated rings. The number of aromatic nitrogens is 1. The summed E-state index contributed by atoms with van der Waals surface area (Å²) in [5.41, 5.74) is 9.28. The first-order chi connectivity index (χ1) is 16.5. The molecule has 1 aromatic heterocycles. The first-order valence-corrected chi connectivity index (χ1v) is 12.3. The van der Waals surface area contributed by atoms with Gasteiger partial charge in [0.25, 0.3) is 5.91 Å². The number of allylic oxidation sites excluding steroid dienone is 1. The molecule has 1 amide bonds. The molecule has 8 heteroatoms. The summed E-state index contributed by atoms with van der Waals surface area (Å²) >= 11 is 0. The maximum Gasteiger partial charge on any atom is 0.494 e. The Morgan fingerprint density at radius 3 is 2.49 bits per heavy atom. The van der Waals surface area contributed by atoms with Crippen LogP contribution in [-0.4, -0.2) is 41.4 Å². The van der Waals surface area contributed by atoms with Crippen molar-refractivity contribution in [3.05, 3.63) is 59.8 Å².